The zero-order valence-corrected chi connectivity index (χ0v) is 12.4. The first kappa shape index (κ1) is 15.8. The van der Waals surface area contributed by atoms with Crippen molar-refractivity contribution in [1.29, 1.82) is 0 Å². The molecular formula is C16H23FN2O2. The summed E-state index contributed by atoms with van der Waals surface area (Å²) in [5, 5.41) is 0. The minimum absolute atomic E-state index is 0.0355. The van der Waals surface area contributed by atoms with Crippen molar-refractivity contribution < 1.29 is 13.9 Å². The lowest BCUT2D eigenvalue weighted by Crippen LogP contribution is -2.51. The zero-order chi connectivity index (χ0) is 15.2. The van der Waals surface area contributed by atoms with E-state index in [-0.39, 0.29) is 30.7 Å². The maximum absolute atomic E-state index is 13.4. The van der Waals surface area contributed by atoms with Gasteiger partial charge in [-0.15, -0.1) is 0 Å². The molecule has 0 bridgehead atoms. The van der Waals surface area contributed by atoms with E-state index in [4.69, 9.17) is 10.5 Å². The van der Waals surface area contributed by atoms with E-state index in [9.17, 15) is 9.18 Å². The highest BCUT2D eigenvalue weighted by atomic mass is 19.1. The number of carbonyl (C=O) groups is 1. The van der Waals surface area contributed by atoms with Gasteiger partial charge in [0.15, 0.2) is 11.6 Å². The topological polar surface area (TPSA) is 55.6 Å². The second-order valence-electron chi connectivity index (χ2n) is 5.54. The summed E-state index contributed by atoms with van der Waals surface area (Å²) in [6.45, 7) is 3.56. The second kappa shape index (κ2) is 7.41. The van der Waals surface area contributed by atoms with Crippen molar-refractivity contribution in [2.75, 3.05) is 19.7 Å². The quantitative estimate of drug-likeness (QED) is 0.905. The summed E-state index contributed by atoms with van der Waals surface area (Å²) in [4.78, 5) is 14.1. The number of para-hydroxylation sites is 1. The van der Waals surface area contributed by atoms with Gasteiger partial charge >= 0.3 is 0 Å². The maximum atomic E-state index is 13.4. The Morgan fingerprint density at radius 2 is 2.24 bits per heavy atom. The predicted octanol–water partition coefficient (Wildman–Crippen LogP) is 2.18. The van der Waals surface area contributed by atoms with Gasteiger partial charge in [0.2, 0.25) is 5.91 Å². The number of rotatable bonds is 5. The van der Waals surface area contributed by atoms with Crippen LogP contribution in [-0.4, -0.2) is 36.5 Å². The fourth-order valence-electron chi connectivity index (χ4n) is 2.87. The van der Waals surface area contributed by atoms with Crippen LogP contribution in [0, 0.1) is 11.7 Å². The van der Waals surface area contributed by atoms with Crippen molar-refractivity contribution in [2.45, 2.75) is 32.2 Å². The van der Waals surface area contributed by atoms with Crippen LogP contribution in [-0.2, 0) is 4.79 Å². The maximum Gasteiger partial charge on any atom is 0.226 e. The number of ether oxygens (including phenoxy) is 1. The summed E-state index contributed by atoms with van der Waals surface area (Å²) < 4.78 is 18.7. The second-order valence-corrected chi connectivity index (χ2v) is 5.54. The molecular weight excluding hydrogens is 271 g/mol. The molecule has 1 heterocycles. The summed E-state index contributed by atoms with van der Waals surface area (Å²) in [6.07, 6.45) is 2.37. The number of piperidine rings is 1. The molecule has 0 saturated carbocycles. The third-order valence-corrected chi connectivity index (χ3v) is 4.09. The summed E-state index contributed by atoms with van der Waals surface area (Å²) in [7, 11) is 0. The zero-order valence-electron chi connectivity index (χ0n) is 12.4. The van der Waals surface area contributed by atoms with Gasteiger partial charge in [0, 0.05) is 19.1 Å². The third kappa shape index (κ3) is 3.94. The fraction of sp³-hybridized carbons (Fsp3) is 0.562. The minimum Gasteiger partial charge on any atom is -0.490 e. The summed E-state index contributed by atoms with van der Waals surface area (Å²) >= 11 is 0. The molecule has 1 aromatic rings. The van der Waals surface area contributed by atoms with Crippen molar-refractivity contribution in [3.63, 3.8) is 0 Å². The molecule has 21 heavy (non-hydrogen) atoms. The van der Waals surface area contributed by atoms with Gasteiger partial charge in [0.25, 0.3) is 0 Å². The highest BCUT2D eigenvalue weighted by Crippen LogP contribution is 2.23. The van der Waals surface area contributed by atoms with Crippen LogP contribution < -0.4 is 10.5 Å². The standard InChI is InChI=1S/C16H23FN2O2/c1-12-5-4-9-19(14(12)11-18)16(20)8-10-21-15-7-3-2-6-13(15)17/h2-3,6-7,12,14H,4-5,8-11,18H2,1H3/t12-,14+/m0/s1. The SMILES string of the molecule is C[C@H]1CCCN(C(=O)CCOc2ccccc2F)[C@@H]1CN. The minimum atomic E-state index is -0.406. The molecule has 1 aliphatic heterocycles. The van der Waals surface area contributed by atoms with E-state index in [2.05, 4.69) is 6.92 Å². The van der Waals surface area contributed by atoms with Gasteiger partial charge in [0.05, 0.1) is 13.0 Å². The lowest BCUT2D eigenvalue weighted by molar-refractivity contribution is -0.136. The molecule has 0 spiro atoms. The first-order valence-corrected chi connectivity index (χ1v) is 7.50. The Balaban J connectivity index is 1.85. The Morgan fingerprint density at radius 3 is 2.95 bits per heavy atom. The fourth-order valence-corrected chi connectivity index (χ4v) is 2.87. The van der Waals surface area contributed by atoms with E-state index in [1.165, 1.54) is 6.07 Å². The number of hydrogen-bond donors (Lipinski definition) is 1. The molecule has 0 aromatic heterocycles. The largest absolute Gasteiger partial charge is 0.490 e. The lowest BCUT2D eigenvalue weighted by atomic mass is 9.90. The molecule has 116 valence electrons. The van der Waals surface area contributed by atoms with Crippen LogP contribution in [0.15, 0.2) is 24.3 Å². The summed E-state index contributed by atoms with van der Waals surface area (Å²) in [6, 6.07) is 6.32. The number of nitrogens with zero attached hydrogens (tertiary/aromatic N) is 1. The average Bonchev–Trinajstić information content (AvgIpc) is 2.48. The Kier molecular flexibility index (Phi) is 5.56. The van der Waals surface area contributed by atoms with E-state index >= 15 is 0 Å². The van der Waals surface area contributed by atoms with Crippen LogP contribution in [0.5, 0.6) is 5.75 Å². The first-order valence-electron chi connectivity index (χ1n) is 7.50. The molecule has 2 rings (SSSR count). The van der Waals surface area contributed by atoms with Crippen LogP contribution in [0.25, 0.3) is 0 Å². The van der Waals surface area contributed by atoms with Crippen molar-refractivity contribution in [3.8, 4) is 5.75 Å². The number of amides is 1. The Hall–Kier alpha value is -1.62. The molecule has 0 aliphatic carbocycles. The average molecular weight is 294 g/mol. The smallest absolute Gasteiger partial charge is 0.226 e. The van der Waals surface area contributed by atoms with Gasteiger partial charge in [-0.3, -0.25) is 4.79 Å². The van der Waals surface area contributed by atoms with Gasteiger partial charge in [-0.1, -0.05) is 19.1 Å². The van der Waals surface area contributed by atoms with E-state index in [0.717, 1.165) is 19.4 Å². The number of halogens is 1. The highest BCUT2D eigenvalue weighted by Gasteiger charge is 2.30. The Morgan fingerprint density at radius 1 is 1.48 bits per heavy atom. The van der Waals surface area contributed by atoms with E-state index in [1.807, 2.05) is 4.90 Å². The van der Waals surface area contributed by atoms with Crippen LogP contribution in [0.3, 0.4) is 0 Å². The van der Waals surface area contributed by atoms with E-state index in [1.54, 1.807) is 18.2 Å². The van der Waals surface area contributed by atoms with Crippen molar-refractivity contribution in [2.24, 2.45) is 11.7 Å². The number of likely N-dealkylation sites (tertiary alicyclic amines) is 1. The molecule has 1 aromatic carbocycles. The summed E-state index contributed by atoms with van der Waals surface area (Å²) in [5.74, 6) is 0.248. The summed E-state index contributed by atoms with van der Waals surface area (Å²) in [5.41, 5.74) is 5.79. The molecule has 2 atom stereocenters. The van der Waals surface area contributed by atoms with Crippen LogP contribution >= 0.6 is 0 Å². The van der Waals surface area contributed by atoms with Crippen LogP contribution in [0.1, 0.15) is 26.2 Å². The monoisotopic (exact) mass is 294 g/mol. The van der Waals surface area contributed by atoms with Gasteiger partial charge in [-0.25, -0.2) is 4.39 Å². The first-order chi connectivity index (χ1) is 10.1. The van der Waals surface area contributed by atoms with Gasteiger partial charge < -0.3 is 15.4 Å². The molecule has 1 aliphatic rings. The van der Waals surface area contributed by atoms with Gasteiger partial charge in [0.1, 0.15) is 0 Å². The number of carbonyl (C=O) groups excluding carboxylic acids is 1. The van der Waals surface area contributed by atoms with Gasteiger partial charge in [-0.05, 0) is 30.9 Å². The molecule has 1 saturated heterocycles. The molecule has 0 unspecified atom stereocenters. The van der Waals surface area contributed by atoms with Gasteiger partial charge in [-0.2, -0.15) is 0 Å². The Bertz CT molecular complexity index is 481. The third-order valence-electron chi connectivity index (χ3n) is 4.09. The number of nitrogens with two attached hydrogens (primary N) is 1. The van der Waals surface area contributed by atoms with Crippen LogP contribution in [0.2, 0.25) is 0 Å². The Labute approximate surface area is 125 Å². The molecule has 4 nitrogen and oxygen atoms in total. The molecule has 1 fully saturated rings. The molecule has 1 amide bonds. The number of hydrogen-bond acceptors (Lipinski definition) is 3. The highest BCUT2D eigenvalue weighted by molar-refractivity contribution is 5.76. The normalized spacial score (nSPS) is 22.1. The van der Waals surface area contributed by atoms with Crippen molar-refractivity contribution in [1.82, 2.24) is 4.90 Å². The predicted molar refractivity (Wildman–Crippen MR) is 79.5 cm³/mol. The van der Waals surface area contributed by atoms with Crippen molar-refractivity contribution >= 4 is 5.91 Å². The molecule has 2 N–H and O–H groups in total. The molecule has 0 radical (unpaired) electrons. The van der Waals surface area contributed by atoms with Crippen LogP contribution in [0.4, 0.5) is 4.39 Å². The van der Waals surface area contributed by atoms with E-state index in [0.29, 0.717) is 12.5 Å². The van der Waals surface area contributed by atoms with E-state index < -0.39 is 5.82 Å². The lowest BCUT2D eigenvalue weighted by Gasteiger charge is -2.39. The van der Waals surface area contributed by atoms with Crippen molar-refractivity contribution in [3.05, 3.63) is 30.1 Å². The molecule has 5 heteroatoms. The number of benzene rings is 1.